The van der Waals surface area contributed by atoms with Crippen LogP contribution in [0.4, 0.5) is 0 Å². The molecule has 0 fully saturated rings. The first-order chi connectivity index (χ1) is 7.81. The van der Waals surface area contributed by atoms with E-state index in [0.717, 1.165) is 17.6 Å². The monoisotopic (exact) mass is 297 g/mol. The lowest BCUT2D eigenvalue weighted by atomic mass is 10.2. The van der Waals surface area contributed by atoms with Gasteiger partial charge in [-0.25, -0.2) is 4.68 Å². The SMILES string of the molecule is CSc1ccc(Cn2cc(CBr)nn2)cc1. The lowest BCUT2D eigenvalue weighted by Crippen LogP contribution is -2.00. The van der Waals surface area contributed by atoms with Crippen LogP contribution in [0.2, 0.25) is 0 Å². The third-order valence-electron chi connectivity index (χ3n) is 2.23. The van der Waals surface area contributed by atoms with Crippen molar-refractivity contribution in [1.82, 2.24) is 15.0 Å². The summed E-state index contributed by atoms with van der Waals surface area (Å²) in [6, 6.07) is 8.51. The molecule has 0 saturated heterocycles. The zero-order chi connectivity index (χ0) is 11.4. The van der Waals surface area contributed by atoms with Crippen molar-refractivity contribution in [3.63, 3.8) is 0 Å². The first kappa shape index (κ1) is 11.7. The fourth-order valence-electron chi connectivity index (χ4n) is 1.40. The number of aromatic nitrogens is 3. The second kappa shape index (κ2) is 5.50. The quantitative estimate of drug-likeness (QED) is 0.642. The van der Waals surface area contributed by atoms with Crippen molar-refractivity contribution in [1.29, 1.82) is 0 Å². The Morgan fingerprint density at radius 1 is 1.31 bits per heavy atom. The van der Waals surface area contributed by atoms with E-state index in [4.69, 9.17) is 0 Å². The van der Waals surface area contributed by atoms with Crippen LogP contribution in [0.1, 0.15) is 11.3 Å². The molecule has 0 unspecified atom stereocenters. The molecule has 0 aliphatic heterocycles. The maximum absolute atomic E-state index is 4.06. The van der Waals surface area contributed by atoms with Gasteiger partial charge in [-0.3, -0.25) is 0 Å². The molecule has 0 saturated carbocycles. The van der Waals surface area contributed by atoms with Crippen molar-refractivity contribution in [2.45, 2.75) is 16.8 Å². The molecule has 0 aliphatic carbocycles. The van der Waals surface area contributed by atoms with Gasteiger partial charge in [0.15, 0.2) is 0 Å². The predicted octanol–water partition coefficient (Wildman–Crippen LogP) is 2.94. The highest BCUT2D eigenvalue weighted by Gasteiger charge is 2.00. The molecule has 0 radical (unpaired) electrons. The van der Waals surface area contributed by atoms with E-state index >= 15 is 0 Å². The van der Waals surface area contributed by atoms with Gasteiger partial charge in [-0.05, 0) is 24.0 Å². The molecular formula is C11H12BrN3S. The molecule has 84 valence electrons. The van der Waals surface area contributed by atoms with Crippen molar-refractivity contribution < 1.29 is 0 Å². The van der Waals surface area contributed by atoms with E-state index in [1.807, 2.05) is 10.9 Å². The Hall–Kier alpha value is -0.810. The summed E-state index contributed by atoms with van der Waals surface area (Å²) < 4.78 is 1.85. The average Bonchev–Trinajstić information content (AvgIpc) is 2.78. The largest absolute Gasteiger partial charge is 0.248 e. The van der Waals surface area contributed by atoms with Crippen molar-refractivity contribution in [2.24, 2.45) is 0 Å². The van der Waals surface area contributed by atoms with Crippen LogP contribution in [-0.2, 0) is 11.9 Å². The number of halogens is 1. The lowest BCUT2D eigenvalue weighted by Gasteiger charge is -2.01. The Morgan fingerprint density at radius 2 is 2.06 bits per heavy atom. The molecule has 0 bridgehead atoms. The smallest absolute Gasteiger partial charge is 0.0932 e. The molecule has 5 heteroatoms. The maximum atomic E-state index is 4.06. The molecule has 16 heavy (non-hydrogen) atoms. The summed E-state index contributed by atoms with van der Waals surface area (Å²) in [5, 5.41) is 8.83. The Labute approximate surface area is 107 Å². The van der Waals surface area contributed by atoms with Crippen LogP contribution in [0.3, 0.4) is 0 Å². The molecule has 2 aromatic rings. The second-order valence-electron chi connectivity index (χ2n) is 3.39. The van der Waals surface area contributed by atoms with Gasteiger partial charge in [0.1, 0.15) is 0 Å². The summed E-state index contributed by atoms with van der Waals surface area (Å²) in [5.41, 5.74) is 2.20. The number of rotatable bonds is 4. The molecule has 1 aromatic carbocycles. The Morgan fingerprint density at radius 3 is 2.62 bits per heavy atom. The van der Waals surface area contributed by atoms with Crippen molar-refractivity contribution in [3.8, 4) is 0 Å². The van der Waals surface area contributed by atoms with Crippen LogP contribution in [0.15, 0.2) is 35.4 Å². The molecule has 0 amide bonds. The Kier molecular flexibility index (Phi) is 4.01. The third-order valence-corrected chi connectivity index (χ3v) is 3.54. The number of benzene rings is 1. The number of alkyl halides is 1. The van der Waals surface area contributed by atoms with Crippen molar-refractivity contribution in [2.75, 3.05) is 6.26 Å². The summed E-state index contributed by atoms with van der Waals surface area (Å²) in [5.74, 6) is 0. The van der Waals surface area contributed by atoms with Crippen molar-refractivity contribution >= 4 is 27.7 Å². The van der Waals surface area contributed by atoms with E-state index in [1.54, 1.807) is 11.8 Å². The Bertz CT molecular complexity index is 453. The maximum Gasteiger partial charge on any atom is 0.0932 e. The van der Waals surface area contributed by atoms with Crippen LogP contribution < -0.4 is 0 Å². The topological polar surface area (TPSA) is 30.7 Å². The molecular weight excluding hydrogens is 286 g/mol. The van der Waals surface area contributed by atoms with Crippen LogP contribution in [-0.4, -0.2) is 21.2 Å². The van der Waals surface area contributed by atoms with Gasteiger partial charge in [0, 0.05) is 16.4 Å². The van der Waals surface area contributed by atoms with E-state index in [9.17, 15) is 0 Å². The van der Waals surface area contributed by atoms with Crippen LogP contribution in [0.5, 0.6) is 0 Å². The highest BCUT2D eigenvalue weighted by Crippen LogP contribution is 2.15. The number of hydrogen-bond donors (Lipinski definition) is 0. The van der Waals surface area contributed by atoms with Gasteiger partial charge >= 0.3 is 0 Å². The molecule has 0 N–H and O–H groups in total. The fraction of sp³-hybridized carbons (Fsp3) is 0.273. The molecule has 0 atom stereocenters. The van der Waals surface area contributed by atoms with Gasteiger partial charge in [-0.15, -0.1) is 16.9 Å². The van der Waals surface area contributed by atoms with Gasteiger partial charge in [-0.2, -0.15) is 0 Å². The highest BCUT2D eigenvalue weighted by molar-refractivity contribution is 9.08. The minimum Gasteiger partial charge on any atom is -0.248 e. The second-order valence-corrected chi connectivity index (χ2v) is 4.83. The number of nitrogens with zero attached hydrogens (tertiary/aromatic N) is 3. The van der Waals surface area contributed by atoms with E-state index in [1.165, 1.54) is 10.5 Å². The molecule has 0 aliphatic rings. The molecule has 3 nitrogen and oxygen atoms in total. The van der Waals surface area contributed by atoms with E-state index in [-0.39, 0.29) is 0 Å². The van der Waals surface area contributed by atoms with E-state index < -0.39 is 0 Å². The van der Waals surface area contributed by atoms with Crippen LogP contribution >= 0.6 is 27.7 Å². The number of hydrogen-bond acceptors (Lipinski definition) is 3. The first-order valence-electron chi connectivity index (χ1n) is 4.89. The summed E-state index contributed by atoms with van der Waals surface area (Å²) in [6.07, 6.45) is 4.03. The zero-order valence-corrected chi connectivity index (χ0v) is 11.3. The molecule has 0 spiro atoms. The van der Waals surface area contributed by atoms with Crippen molar-refractivity contribution in [3.05, 3.63) is 41.7 Å². The summed E-state index contributed by atoms with van der Waals surface area (Å²) in [4.78, 5) is 1.28. The summed E-state index contributed by atoms with van der Waals surface area (Å²) in [7, 11) is 0. The first-order valence-corrected chi connectivity index (χ1v) is 7.24. The molecule has 1 heterocycles. The third kappa shape index (κ3) is 2.86. The van der Waals surface area contributed by atoms with E-state index in [2.05, 4.69) is 56.8 Å². The zero-order valence-electron chi connectivity index (χ0n) is 8.93. The van der Waals surface area contributed by atoms with Gasteiger partial charge in [0.25, 0.3) is 0 Å². The van der Waals surface area contributed by atoms with E-state index in [0.29, 0.717) is 0 Å². The average molecular weight is 298 g/mol. The fourth-order valence-corrected chi connectivity index (χ4v) is 2.06. The minimum absolute atomic E-state index is 0.748. The molecule has 2 rings (SSSR count). The van der Waals surface area contributed by atoms with Crippen LogP contribution in [0, 0.1) is 0 Å². The van der Waals surface area contributed by atoms with Gasteiger partial charge in [0.05, 0.1) is 12.2 Å². The summed E-state index contributed by atoms with van der Waals surface area (Å²) >= 11 is 5.11. The summed E-state index contributed by atoms with van der Waals surface area (Å²) in [6.45, 7) is 0.772. The number of thioether (sulfide) groups is 1. The minimum atomic E-state index is 0.748. The van der Waals surface area contributed by atoms with Gasteiger partial charge in [-0.1, -0.05) is 33.3 Å². The normalized spacial score (nSPS) is 10.6. The standard InChI is InChI=1S/C11H12BrN3S/c1-16-11-4-2-9(3-5-11)7-15-8-10(6-12)13-14-15/h2-5,8H,6-7H2,1H3. The van der Waals surface area contributed by atoms with Gasteiger partial charge < -0.3 is 0 Å². The lowest BCUT2D eigenvalue weighted by molar-refractivity contribution is 0.649. The highest BCUT2D eigenvalue weighted by atomic mass is 79.9. The predicted molar refractivity (Wildman–Crippen MR) is 70.0 cm³/mol. The Balaban J connectivity index is 2.08. The van der Waals surface area contributed by atoms with Gasteiger partial charge in [0.2, 0.25) is 0 Å². The molecule has 1 aromatic heterocycles. The van der Waals surface area contributed by atoms with Crippen LogP contribution in [0.25, 0.3) is 0 Å².